The SMILES string of the molecule is CC(CCCc1ccc2c(c1)Cc1cc(CCCC(C)Cc3cc(C(C)C)ccc3C(C)C)ccc1-2)Cc1cc(C(C)C)ccc1C(C)C. The van der Waals surface area contributed by atoms with Gasteiger partial charge in [0.05, 0.1) is 0 Å². The van der Waals surface area contributed by atoms with Crippen molar-refractivity contribution in [2.24, 2.45) is 11.8 Å². The van der Waals surface area contributed by atoms with Gasteiger partial charge in [-0.2, -0.15) is 0 Å². The van der Waals surface area contributed by atoms with Crippen LogP contribution in [0.2, 0.25) is 0 Å². The van der Waals surface area contributed by atoms with Crippen LogP contribution in [-0.4, -0.2) is 0 Å². The van der Waals surface area contributed by atoms with Crippen molar-refractivity contribution in [3.05, 3.63) is 128 Å². The largest absolute Gasteiger partial charge is 0.0622 e. The molecule has 0 N–H and O–H groups in total. The van der Waals surface area contributed by atoms with Crippen molar-refractivity contribution >= 4 is 0 Å². The van der Waals surface area contributed by atoms with Gasteiger partial charge in [0.1, 0.15) is 0 Å². The number of hydrogen-bond donors (Lipinski definition) is 0. The van der Waals surface area contributed by atoms with Crippen molar-refractivity contribution in [3.8, 4) is 11.1 Å². The fourth-order valence-electron chi connectivity index (χ4n) is 8.34. The van der Waals surface area contributed by atoms with Crippen LogP contribution >= 0.6 is 0 Å². The van der Waals surface area contributed by atoms with Crippen LogP contribution in [0, 0.1) is 11.8 Å². The molecule has 4 aromatic carbocycles. The molecule has 0 saturated heterocycles. The molecular weight excluding hydrogens is 589 g/mol. The molecule has 49 heavy (non-hydrogen) atoms. The average Bonchev–Trinajstić information content (AvgIpc) is 3.41. The van der Waals surface area contributed by atoms with Crippen molar-refractivity contribution in [3.63, 3.8) is 0 Å². The second-order valence-electron chi connectivity index (χ2n) is 17.1. The Kier molecular flexibility index (Phi) is 12.7. The molecule has 0 heterocycles. The van der Waals surface area contributed by atoms with Crippen LogP contribution in [0.3, 0.4) is 0 Å². The normalized spacial score (nSPS) is 13.8. The second-order valence-corrected chi connectivity index (χ2v) is 17.1. The molecule has 2 unspecified atom stereocenters. The summed E-state index contributed by atoms with van der Waals surface area (Å²) in [5.74, 6) is 3.75. The lowest BCUT2D eigenvalue weighted by Gasteiger charge is -2.19. The van der Waals surface area contributed by atoms with Gasteiger partial charge in [-0.25, -0.2) is 0 Å². The number of aryl methyl sites for hydroxylation is 2. The van der Waals surface area contributed by atoms with Gasteiger partial charge in [0.25, 0.3) is 0 Å². The highest BCUT2D eigenvalue weighted by atomic mass is 14.2. The smallest absolute Gasteiger partial charge is 0.00133 e. The number of benzene rings is 4. The topological polar surface area (TPSA) is 0 Å². The zero-order chi connectivity index (χ0) is 35.2. The minimum atomic E-state index is 0.584. The quantitative estimate of drug-likeness (QED) is 0.0993. The maximum Gasteiger partial charge on any atom is -0.00133 e. The van der Waals surface area contributed by atoms with Crippen LogP contribution < -0.4 is 0 Å². The van der Waals surface area contributed by atoms with Crippen molar-refractivity contribution in [1.29, 1.82) is 0 Å². The fourth-order valence-corrected chi connectivity index (χ4v) is 8.34. The Hall–Kier alpha value is -3.12. The first kappa shape index (κ1) is 37.1. The Balaban J connectivity index is 1.11. The van der Waals surface area contributed by atoms with Crippen molar-refractivity contribution in [2.45, 2.75) is 151 Å². The molecule has 0 amide bonds. The van der Waals surface area contributed by atoms with Crippen LogP contribution in [0.15, 0.2) is 72.8 Å². The Bertz CT molecular complexity index is 1550. The molecule has 1 aliphatic carbocycles. The zero-order valence-electron chi connectivity index (χ0n) is 32.8. The summed E-state index contributed by atoms with van der Waals surface area (Å²) >= 11 is 0. The van der Waals surface area contributed by atoms with E-state index in [9.17, 15) is 0 Å². The highest BCUT2D eigenvalue weighted by molar-refractivity contribution is 5.77. The summed E-state index contributed by atoms with van der Waals surface area (Å²) in [5, 5.41) is 0. The van der Waals surface area contributed by atoms with Gasteiger partial charge in [-0.15, -0.1) is 0 Å². The van der Waals surface area contributed by atoms with Crippen LogP contribution in [0.5, 0.6) is 0 Å². The standard InChI is InChI=1S/C49H66/c1-32(2)40-19-23-46(34(5)6)42(29-40)25-36(9)13-11-15-38-17-21-48-44(27-38)31-45-28-39(18-22-49(45)48)16-12-14-37(10)26-43-30-41(33(3)4)20-24-47(43)35(7)8/h17-24,27-30,32-37H,11-16,25-26,31H2,1-10H3. The van der Waals surface area contributed by atoms with Crippen LogP contribution in [0.4, 0.5) is 0 Å². The Morgan fingerprint density at radius 1 is 0.449 bits per heavy atom. The Labute approximate surface area is 301 Å². The van der Waals surface area contributed by atoms with E-state index in [0.29, 0.717) is 35.5 Å². The minimum Gasteiger partial charge on any atom is -0.0622 e. The molecule has 0 nitrogen and oxygen atoms in total. The van der Waals surface area contributed by atoms with Gasteiger partial charge in [-0.05, 0) is 147 Å². The van der Waals surface area contributed by atoms with Crippen molar-refractivity contribution in [1.82, 2.24) is 0 Å². The lowest BCUT2D eigenvalue weighted by molar-refractivity contribution is 0.505. The molecule has 0 fully saturated rings. The van der Waals surface area contributed by atoms with Crippen molar-refractivity contribution < 1.29 is 0 Å². The zero-order valence-corrected chi connectivity index (χ0v) is 32.8. The Morgan fingerprint density at radius 2 is 0.857 bits per heavy atom. The number of rotatable bonds is 16. The maximum atomic E-state index is 2.52. The molecule has 5 rings (SSSR count). The molecule has 4 aromatic rings. The molecule has 0 bridgehead atoms. The van der Waals surface area contributed by atoms with Gasteiger partial charge in [0.2, 0.25) is 0 Å². The molecule has 0 aromatic heterocycles. The minimum absolute atomic E-state index is 0.584. The molecule has 2 atom stereocenters. The van der Waals surface area contributed by atoms with E-state index < -0.39 is 0 Å². The van der Waals surface area contributed by atoms with Crippen LogP contribution in [0.1, 0.15) is 174 Å². The second kappa shape index (κ2) is 16.7. The van der Waals surface area contributed by atoms with E-state index in [1.165, 1.54) is 107 Å². The van der Waals surface area contributed by atoms with E-state index in [0.717, 1.165) is 6.42 Å². The van der Waals surface area contributed by atoms with Gasteiger partial charge < -0.3 is 0 Å². The lowest BCUT2D eigenvalue weighted by Crippen LogP contribution is -2.06. The van der Waals surface area contributed by atoms with Gasteiger partial charge in [-0.3, -0.25) is 0 Å². The number of hydrogen-bond acceptors (Lipinski definition) is 0. The molecular formula is C49H66. The third-order valence-electron chi connectivity index (χ3n) is 11.4. The highest BCUT2D eigenvalue weighted by Crippen LogP contribution is 2.38. The summed E-state index contributed by atoms with van der Waals surface area (Å²) in [6.07, 6.45) is 10.9. The summed E-state index contributed by atoms with van der Waals surface area (Å²) in [6, 6.07) is 29.1. The lowest BCUT2D eigenvalue weighted by atomic mass is 9.86. The maximum absolute atomic E-state index is 2.52. The predicted molar refractivity (Wildman–Crippen MR) is 216 cm³/mol. The molecule has 0 aliphatic heterocycles. The molecule has 0 heteroatoms. The van der Waals surface area contributed by atoms with E-state index in [1.54, 1.807) is 11.1 Å². The summed E-state index contributed by atoms with van der Waals surface area (Å²) in [5.41, 5.74) is 18.2. The molecule has 262 valence electrons. The van der Waals surface area contributed by atoms with Gasteiger partial charge in [0.15, 0.2) is 0 Å². The Morgan fingerprint density at radius 3 is 1.22 bits per heavy atom. The monoisotopic (exact) mass is 655 g/mol. The van der Waals surface area contributed by atoms with Gasteiger partial charge in [0, 0.05) is 0 Å². The summed E-state index contributed by atoms with van der Waals surface area (Å²) in [4.78, 5) is 0. The van der Waals surface area contributed by atoms with E-state index in [-0.39, 0.29) is 0 Å². The summed E-state index contributed by atoms with van der Waals surface area (Å²) in [6.45, 7) is 23.5. The van der Waals surface area contributed by atoms with E-state index in [2.05, 4.69) is 142 Å². The van der Waals surface area contributed by atoms with E-state index >= 15 is 0 Å². The average molecular weight is 655 g/mol. The van der Waals surface area contributed by atoms with E-state index in [4.69, 9.17) is 0 Å². The van der Waals surface area contributed by atoms with Gasteiger partial charge in [-0.1, -0.05) is 155 Å². The van der Waals surface area contributed by atoms with Crippen LogP contribution in [0.25, 0.3) is 11.1 Å². The highest BCUT2D eigenvalue weighted by Gasteiger charge is 2.20. The molecule has 1 aliphatic rings. The summed E-state index contributed by atoms with van der Waals surface area (Å²) in [7, 11) is 0. The van der Waals surface area contributed by atoms with Crippen LogP contribution in [-0.2, 0) is 32.1 Å². The van der Waals surface area contributed by atoms with Gasteiger partial charge >= 0.3 is 0 Å². The molecule has 0 saturated carbocycles. The third kappa shape index (κ3) is 9.57. The van der Waals surface area contributed by atoms with Crippen molar-refractivity contribution in [2.75, 3.05) is 0 Å². The first-order chi connectivity index (χ1) is 23.4. The third-order valence-corrected chi connectivity index (χ3v) is 11.4. The summed E-state index contributed by atoms with van der Waals surface area (Å²) < 4.78 is 0. The first-order valence-corrected chi connectivity index (χ1v) is 19.9. The molecule has 0 spiro atoms. The predicted octanol–water partition coefficient (Wildman–Crippen LogP) is 14.2. The fraction of sp³-hybridized carbons (Fsp3) is 0.510. The first-order valence-electron chi connectivity index (χ1n) is 19.9. The molecule has 0 radical (unpaired) electrons. The van der Waals surface area contributed by atoms with E-state index in [1.807, 2.05) is 0 Å². The number of fused-ring (bicyclic) bond motifs is 3.